The van der Waals surface area contributed by atoms with Crippen LogP contribution in [0, 0.1) is 0 Å². The fourth-order valence-corrected chi connectivity index (χ4v) is 2.21. The summed E-state index contributed by atoms with van der Waals surface area (Å²) < 4.78 is 20.5. The molecule has 0 radical (unpaired) electrons. The van der Waals surface area contributed by atoms with E-state index < -0.39 is 24.8 Å². The molecule has 0 aromatic heterocycles. The zero-order valence-electron chi connectivity index (χ0n) is 12.5. The van der Waals surface area contributed by atoms with Crippen molar-refractivity contribution >= 4 is 5.91 Å². The molecule has 0 aliphatic carbocycles. The van der Waals surface area contributed by atoms with Gasteiger partial charge >= 0.3 is 0 Å². The van der Waals surface area contributed by atoms with Gasteiger partial charge in [-0.05, 0) is 19.4 Å². The summed E-state index contributed by atoms with van der Waals surface area (Å²) in [5.41, 5.74) is 0.886. The second kappa shape index (κ2) is 5.50. The van der Waals surface area contributed by atoms with E-state index in [4.69, 9.17) is 7.48 Å². The Balaban J connectivity index is 2.30. The Labute approximate surface area is 110 Å². The van der Waals surface area contributed by atoms with Crippen LogP contribution in [-0.2, 0) is 16.1 Å². The summed E-state index contributed by atoms with van der Waals surface area (Å²) in [4.78, 5) is 13.6. The summed E-state index contributed by atoms with van der Waals surface area (Å²) >= 11 is 0. The Kier molecular flexibility index (Phi) is 3.22. The van der Waals surface area contributed by atoms with Gasteiger partial charge in [0, 0.05) is 6.54 Å². The average Bonchev–Trinajstić information content (AvgIpc) is 2.35. The topological polar surface area (TPSA) is 49.8 Å². The Morgan fingerprint density at radius 2 is 2.06 bits per heavy atom. The fraction of sp³-hybridized carbons (Fsp3) is 0.500. The predicted molar refractivity (Wildman–Crippen MR) is 67.9 cm³/mol. The van der Waals surface area contributed by atoms with Crippen molar-refractivity contribution in [1.29, 1.82) is 0 Å². The first kappa shape index (κ1) is 10.5. The number of morpholine rings is 1. The number of hydrogen-bond donors (Lipinski definition) is 1. The lowest BCUT2D eigenvalue weighted by molar-refractivity contribution is -0.172. The SMILES string of the molecule is [2H]C([2H])(O)[C@@H]1[C@H](C)O[C@H](C)C(=O)N1Cc1ccccc1. The van der Waals surface area contributed by atoms with Gasteiger partial charge in [-0.15, -0.1) is 0 Å². The van der Waals surface area contributed by atoms with Crippen LogP contribution in [0.4, 0.5) is 0 Å². The van der Waals surface area contributed by atoms with Gasteiger partial charge in [-0.1, -0.05) is 30.3 Å². The molecule has 1 fully saturated rings. The van der Waals surface area contributed by atoms with Crippen molar-refractivity contribution in [2.45, 2.75) is 38.6 Å². The quantitative estimate of drug-likeness (QED) is 0.877. The maximum Gasteiger partial charge on any atom is 0.252 e. The highest BCUT2D eigenvalue weighted by Gasteiger charge is 2.37. The number of benzene rings is 1. The van der Waals surface area contributed by atoms with E-state index in [1.807, 2.05) is 30.3 Å². The molecule has 1 saturated heterocycles. The first-order valence-electron chi connectivity index (χ1n) is 7.03. The first-order valence-corrected chi connectivity index (χ1v) is 6.03. The second-order valence-corrected chi connectivity index (χ2v) is 4.51. The molecule has 0 bridgehead atoms. The van der Waals surface area contributed by atoms with E-state index in [0.717, 1.165) is 5.56 Å². The molecule has 4 nitrogen and oxygen atoms in total. The number of aliphatic hydroxyl groups is 1. The molecule has 18 heavy (non-hydrogen) atoms. The number of carbonyl (C=O) groups excluding carboxylic acids is 1. The highest BCUT2D eigenvalue weighted by Crippen LogP contribution is 2.21. The minimum absolute atomic E-state index is 0.252. The van der Waals surface area contributed by atoms with Crippen molar-refractivity contribution in [1.82, 2.24) is 4.90 Å². The summed E-state index contributed by atoms with van der Waals surface area (Å²) in [6, 6.07) is 8.29. The molecule has 0 saturated carbocycles. The Hall–Kier alpha value is -1.39. The van der Waals surface area contributed by atoms with Crippen LogP contribution in [0.15, 0.2) is 30.3 Å². The lowest BCUT2D eigenvalue weighted by Gasteiger charge is -2.41. The summed E-state index contributed by atoms with van der Waals surface area (Å²) in [7, 11) is 0. The van der Waals surface area contributed by atoms with Crippen LogP contribution < -0.4 is 0 Å². The van der Waals surface area contributed by atoms with Crippen molar-refractivity contribution in [3.05, 3.63) is 35.9 Å². The van der Waals surface area contributed by atoms with Gasteiger partial charge in [0.2, 0.25) is 0 Å². The molecule has 0 spiro atoms. The first-order chi connectivity index (χ1) is 9.30. The molecule has 1 heterocycles. The monoisotopic (exact) mass is 251 g/mol. The summed E-state index contributed by atoms with van der Waals surface area (Å²) in [5.74, 6) is -0.310. The van der Waals surface area contributed by atoms with E-state index in [1.165, 1.54) is 4.90 Å². The molecule has 98 valence electrons. The van der Waals surface area contributed by atoms with Crippen molar-refractivity contribution in [2.24, 2.45) is 0 Å². The summed E-state index contributed by atoms with van der Waals surface area (Å²) in [5, 5.41) is 9.72. The summed E-state index contributed by atoms with van der Waals surface area (Å²) in [6.45, 7) is 1.05. The average molecular weight is 251 g/mol. The third-order valence-electron chi connectivity index (χ3n) is 3.16. The van der Waals surface area contributed by atoms with Crippen molar-refractivity contribution in [3.63, 3.8) is 0 Å². The van der Waals surface area contributed by atoms with Gasteiger partial charge in [-0.3, -0.25) is 4.79 Å². The molecule has 1 N–H and O–H groups in total. The number of hydrogen-bond acceptors (Lipinski definition) is 3. The zero-order chi connectivity index (χ0) is 14.9. The van der Waals surface area contributed by atoms with Crippen LogP contribution in [0.25, 0.3) is 0 Å². The van der Waals surface area contributed by atoms with Crippen LogP contribution in [-0.4, -0.2) is 40.7 Å². The van der Waals surface area contributed by atoms with Crippen molar-refractivity contribution in [3.8, 4) is 0 Å². The zero-order valence-corrected chi connectivity index (χ0v) is 10.5. The van der Waals surface area contributed by atoms with E-state index in [2.05, 4.69) is 0 Å². The Morgan fingerprint density at radius 1 is 1.39 bits per heavy atom. The molecule has 1 amide bonds. The second-order valence-electron chi connectivity index (χ2n) is 4.51. The van der Waals surface area contributed by atoms with Crippen LogP contribution in [0.2, 0.25) is 0 Å². The normalized spacial score (nSPS) is 30.9. The van der Waals surface area contributed by atoms with Crippen molar-refractivity contribution < 1.29 is 17.4 Å². The lowest BCUT2D eigenvalue weighted by atomic mass is 10.1. The van der Waals surface area contributed by atoms with E-state index in [9.17, 15) is 9.90 Å². The smallest absolute Gasteiger partial charge is 0.252 e. The largest absolute Gasteiger partial charge is 0.394 e. The van der Waals surface area contributed by atoms with Gasteiger partial charge in [-0.2, -0.15) is 0 Å². The molecule has 1 aromatic rings. The Bertz CT molecular complexity index is 475. The van der Waals surface area contributed by atoms with Gasteiger partial charge in [0.25, 0.3) is 5.91 Å². The number of nitrogens with zero attached hydrogens (tertiary/aromatic N) is 1. The molecule has 3 atom stereocenters. The van der Waals surface area contributed by atoms with E-state index in [0.29, 0.717) is 0 Å². The molecule has 1 aliphatic rings. The fourth-order valence-electron chi connectivity index (χ4n) is 2.21. The standard InChI is InChI=1S/C14H19NO3/c1-10-13(9-16)15(14(17)11(2)18-10)8-12-6-4-3-5-7-12/h3-7,10-11,13,16H,8-9H2,1-2H3/t10-,11+,13+/m0/s1/i9D2. The molecule has 1 aliphatic heterocycles. The van der Waals surface area contributed by atoms with Crippen LogP contribution >= 0.6 is 0 Å². The van der Waals surface area contributed by atoms with Gasteiger partial charge in [0.05, 0.1) is 21.4 Å². The summed E-state index contributed by atoms with van der Waals surface area (Å²) in [6.07, 6.45) is -1.21. The Morgan fingerprint density at radius 3 is 2.67 bits per heavy atom. The van der Waals surface area contributed by atoms with Crippen LogP contribution in [0.5, 0.6) is 0 Å². The highest BCUT2D eigenvalue weighted by molar-refractivity contribution is 5.81. The number of rotatable bonds is 3. The maximum absolute atomic E-state index is 12.3. The molecule has 2 rings (SSSR count). The maximum atomic E-state index is 12.3. The minimum Gasteiger partial charge on any atom is -0.394 e. The van der Waals surface area contributed by atoms with Gasteiger partial charge < -0.3 is 14.7 Å². The highest BCUT2D eigenvalue weighted by atomic mass is 16.5. The minimum atomic E-state index is -2.51. The molecule has 4 heteroatoms. The lowest BCUT2D eigenvalue weighted by Crippen LogP contribution is -2.57. The van der Waals surface area contributed by atoms with Gasteiger partial charge in [-0.25, -0.2) is 0 Å². The third-order valence-corrected chi connectivity index (χ3v) is 3.16. The van der Waals surface area contributed by atoms with E-state index in [-0.39, 0.29) is 12.5 Å². The third kappa shape index (κ3) is 2.54. The van der Waals surface area contributed by atoms with Crippen LogP contribution in [0.3, 0.4) is 0 Å². The molecule has 1 aromatic carbocycles. The number of ether oxygens (including phenoxy) is 1. The molecular weight excluding hydrogens is 230 g/mol. The number of carbonyl (C=O) groups is 1. The number of amides is 1. The van der Waals surface area contributed by atoms with Crippen LogP contribution in [0.1, 0.15) is 22.2 Å². The van der Waals surface area contributed by atoms with Gasteiger partial charge in [0.1, 0.15) is 6.10 Å². The molecule has 0 unspecified atom stereocenters. The van der Waals surface area contributed by atoms with Crippen molar-refractivity contribution in [2.75, 3.05) is 6.56 Å². The van der Waals surface area contributed by atoms with E-state index >= 15 is 0 Å². The van der Waals surface area contributed by atoms with E-state index in [1.54, 1.807) is 13.8 Å². The molecular formula is C14H19NO3. The predicted octanol–water partition coefficient (Wildman–Crippen LogP) is 1.18. The van der Waals surface area contributed by atoms with Gasteiger partial charge in [0.15, 0.2) is 0 Å².